The molecule has 66 valence electrons. The zero-order valence-corrected chi connectivity index (χ0v) is 7.71. The summed E-state index contributed by atoms with van der Waals surface area (Å²) in [5.41, 5.74) is -0.850. The minimum Gasteiger partial charge on any atom is -0.846 e. The molecule has 0 aliphatic carbocycles. The standard InChI is InChI=1S/C5H8N2O2.2ClH/c1-5(2)3(8)6-4(9)7-5;;/h1-2H3,(H2,6,7,8,9);2*1H/p-1. The molecule has 0 radical (unpaired) electrons. The summed E-state index contributed by atoms with van der Waals surface area (Å²) in [6.07, 6.45) is 0. The highest BCUT2D eigenvalue weighted by Gasteiger charge is 2.30. The molecule has 1 aliphatic rings. The van der Waals surface area contributed by atoms with Gasteiger partial charge in [0.25, 0.3) is 5.91 Å². The first-order valence-corrected chi connectivity index (χ1v) is 2.61. The normalized spacial score (nSPS) is 19.1. The molecule has 0 fully saturated rings. The van der Waals surface area contributed by atoms with Crippen LogP contribution >= 0.6 is 24.8 Å². The molecule has 0 bridgehead atoms. The average Bonchev–Trinajstić information content (AvgIpc) is 1.79. The van der Waals surface area contributed by atoms with Crippen LogP contribution in [-0.4, -0.2) is 17.5 Å². The molecule has 0 saturated carbocycles. The van der Waals surface area contributed by atoms with Crippen LogP contribution in [0.25, 0.3) is 0 Å². The number of halogens is 2. The Kier molecular flexibility index (Phi) is 4.51. The average molecular weight is 200 g/mol. The monoisotopic (exact) mass is 199 g/mol. The van der Waals surface area contributed by atoms with Crippen LogP contribution in [0.4, 0.5) is 0 Å². The Morgan fingerprint density at radius 1 is 1.45 bits per heavy atom. The van der Waals surface area contributed by atoms with Crippen molar-refractivity contribution in [2.24, 2.45) is 4.99 Å². The molecular weight excluding hydrogens is 191 g/mol. The summed E-state index contributed by atoms with van der Waals surface area (Å²) in [6, 6.07) is -0.537. The second-order valence-corrected chi connectivity index (χ2v) is 2.43. The van der Waals surface area contributed by atoms with E-state index in [2.05, 4.69) is 10.3 Å². The molecule has 1 aliphatic heterocycles. The Bertz CT molecular complexity index is 191. The van der Waals surface area contributed by atoms with Gasteiger partial charge in [-0.15, -0.1) is 24.8 Å². The van der Waals surface area contributed by atoms with E-state index in [9.17, 15) is 9.90 Å². The van der Waals surface area contributed by atoms with Crippen LogP contribution in [0, 0.1) is 0 Å². The molecule has 1 rings (SSSR count). The zero-order valence-electron chi connectivity index (χ0n) is 6.08. The van der Waals surface area contributed by atoms with Crippen LogP contribution in [0.15, 0.2) is 4.99 Å². The van der Waals surface area contributed by atoms with Gasteiger partial charge in [-0.1, -0.05) is 0 Å². The van der Waals surface area contributed by atoms with E-state index >= 15 is 0 Å². The molecule has 1 heterocycles. The highest BCUT2D eigenvalue weighted by atomic mass is 35.5. The van der Waals surface area contributed by atoms with E-state index < -0.39 is 11.6 Å². The van der Waals surface area contributed by atoms with Gasteiger partial charge in [-0.25, -0.2) is 0 Å². The van der Waals surface area contributed by atoms with Crippen molar-refractivity contribution in [2.75, 3.05) is 0 Å². The van der Waals surface area contributed by atoms with E-state index in [1.165, 1.54) is 0 Å². The summed E-state index contributed by atoms with van der Waals surface area (Å²) in [5.74, 6) is -0.326. The van der Waals surface area contributed by atoms with Crippen molar-refractivity contribution in [3.05, 3.63) is 0 Å². The van der Waals surface area contributed by atoms with Crippen molar-refractivity contribution in [3.8, 4) is 0 Å². The first-order chi connectivity index (χ1) is 4.02. The van der Waals surface area contributed by atoms with Gasteiger partial charge in [-0.05, 0) is 13.8 Å². The number of nitrogens with one attached hydrogen (secondary N) is 1. The van der Waals surface area contributed by atoms with Gasteiger partial charge in [0.05, 0.1) is 6.02 Å². The van der Waals surface area contributed by atoms with Crippen LogP contribution in [0.2, 0.25) is 0 Å². The third kappa shape index (κ3) is 2.55. The predicted octanol–water partition coefficient (Wildman–Crippen LogP) is -0.545. The number of hydrogen-bond donors (Lipinski definition) is 1. The molecule has 1 amide bonds. The van der Waals surface area contributed by atoms with Crippen LogP contribution in [-0.2, 0) is 4.79 Å². The highest BCUT2D eigenvalue weighted by Crippen LogP contribution is 2.11. The van der Waals surface area contributed by atoms with Gasteiger partial charge < -0.3 is 10.4 Å². The van der Waals surface area contributed by atoms with Gasteiger partial charge in [-0.3, -0.25) is 9.79 Å². The van der Waals surface area contributed by atoms with Crippen molar-refractivity contribution < 1.29 is 9.90 Å². The third-order valence-corrected chi connectivity index (χ3v) is 1.16. The fourth-order valence-corrected chi connectivity index (χ4v) is 0.583. The van der Waals surface area contributed by atoms with Crippen LogP contribution < -0.4 is 10.4 Å². The second kappa shape index (κ2) is 3.78. The summed E-state index contributed by atoms with van der Waals surface area (Å²) in [7, 11) is 0. The SMILES string of the molecule is CC1(C)N=C([O-])NC1=O.Cl.Cl. The van der Waals surface area contributed by atoms with Crippen molar-refractivity contribution in [1.29, 1.82) is 0 Å². The van der Waals surface area contributed by atoms with Crippen molar-refractivity contribution in [1.82, 2.24) is 5.32 Å². The first-order valence-electron chi connectivity index (χ1n) is 2.61. The van der Waals surface area contributed by atoms with Crippen molar-refractivity contribution in [3.63, 3.8) is 0 Å². The highest BCUT2D eigenvalue weighted by molar-refractivity contribution is 6.03. The number of amides is 1. The minimum absolute atomic E-state index is 0. The lowest BCUT2D eigenvalue weighted by atomic mass is 10.1. The predicted molar refractivity (Wildman–Crippen MR) is 44.2 cm³/mol. The summed E-state index contributed by atoms with van der Waals surface area (Å²) in [4.78, 5) is 14.2. The quantitative estimate of drug-likeness (QED) is 0.570. The smallest absolute Gasteiger partial charge is 0.251 e. The van der Waals surface area contributed by atoms with E-state index in [4.69, 9.17) is 0 Å². The molecule has 1 N–H and O–H groups in total. The second-order valence-electron chi connectivity index (χ2n) is 2.43. The van der Waals surface area contributed by atoms with Crippen molar-refractivity contribution in [2.45, 2.75) is 19.4 Å². The Balaban J connectivity index is 0. The number of carbonyl (C=O) groups excluding carboxylic acids is 1. The van der Waals surface area contributed by atoms with E-state index in [0.717, 1.165) is 0 Å². The van der Waals surface area contributed by atoms with Crippen molar-refractivity contribution >= 4 is 36.7 Å². The molecule has 0 aromatic rings. The number of amidine groups is 1. The lowest BCUT2D eigenvalue weighted by Gasteiger charge is -2.07. The molecule has 6 heteroatoms. The maximum absolute atomic E-state index is 10.7. The van der Waals surface area contributed by atoms with Crippen LogP contribution in [0.3, 0.4) is 0 Å². The molecule has 0 saturated heterocycles. The largest absolute Gasteiger partial charge is 0.846 e. The molecule has 4 nitrogen and oxygen atoms in total. The zero-order chi connectivity index (χ0) is 7.07. The number of rotatable bonds is 0. The molecule has 0 spiro atoms. The van der Waals surface area contributed by atoms with Gasteiger partial charge in [0.1, 0.15) is 5.54 Å². The maximum Gasteiger partial charge on any atom is 0.251 e. The van der Waals surface area contributed by atoms with Gasteiger partial charge in [0.2, 0.25) is 0 Å². The van der Waals surface area contributed by atoms with Gasteiger partial charge in [0.15, 0.2) is 0 Å². The van der Waals surface area contributed by atoms with E-state index in [1.807, 2.05) is 0 Å². The van der Waals surface area contributed by atoms with E-state index in [-0.39, 0.29) is 30.7 Å². The Labute approximate surface area is 76.9 Å². The first kappa shape index (κ1) is 13.1. The molecule has 0 atom stereocenters. The summed E-state index contributed by atoms with van der Waals surface area (Å²) in [6.45, 7) is 3.18. The molecule has 0 unspecified atom stereocenters. The fourth-order valence-electron chi connectivity index (χ4n) is 0.583. The summed E-state index contributed by atoms with van der Waals surface area (Å²) < 4.78 is 0. The topological polar surface area (TPSA) is 64.5 Å². The maximum atomic E-state index is 10.7. The van der Waals surface area contributed by atoms with E-state index in [0.29, 0.717) is 0 Å². The van der Waals surface area contributed by atoms with E-state index in [1.54, 1.807) is 13.8 Å². The number of nitrogens with zero attached hydrogens (tertiary/aromatic N) is 1. The number of hydrogen-bond acceptors (Lipinski definition) is 3. The lowest BCUT2D eigenvalue weighted by molar-refractivity contribution is -0.220. The Morgan fingerprint density at radius 3 is 2.00 bits per heavy atom. The third-order valence-electron chi connectivity index (χ3n) is 1.16. The Morgan fingerprint density at radius 2 is 1.91 bits per heavy atom. The molecule has 11 heavy (non-hydrogen) atoms. The molecule has 0 aromatic carbocycles. The number of aliphatic imine (C=N–C) groups is 1. The van der Waals surface area contributed by atoms with Crippen LogP contribution in [0.5, 0.6) is 0 Å². The molecular formula is C5H9Cl2N2O2-. The summed E-state index contributed by atoms with van der Waals surface area (Å²) in [5, 5.41) is 12.4. The van der Waals surface area contributed by atoms with Gasteiger partial charge in [0, 0.05) is 0 Å². The van der Waals surface area contributed by atoms with Gasteiger partial charge in [-0.2, -0.15) is 0 Å². The summed E-state index contributed by atoms with van der Waals surface area (Å²) >= 11 is 0. The molecule has 0 aromatic heterocycles. The lowest BCUT2D eigenvalue weighted by Crippen LogP contribution is -2.38. The fraction of sp³-hybridized carbons (Fsp3) is 0.600. The Hall–Kier alpha value is -0.480. The number of carbonyl (C=O) groups is 1. The van der Waals surface area contributed by atoms with Crippen LogP contribution in [0.1, 0.15) is 13.8 Å². The minimum atomic E-state index is -0.850. The van der Waals surface area contributed by atoms with Gasteiger partial charge >= 0.3 is 0 Å².